The summed E-state index contributed by atoms with van der Waals surface area (Å²) in [5, 5.41) is 0. The molecule has 116 valence electrons. The lowest BCUT2D eigenvalue weighted by Gasteiger charge is -2.21. The molecule has 1 unspecified atom stereocenters. The molecule has 0 amide bonds. The van der Waals surface area contributed by atoms with Gasteiger partial charge in [-0.1, -0.05) is 13.0 Å². The Bertz CT molecular complexity index is 626. The highest BCUT2D eigenvalue weighted by Crippen LogP contribution is 2.23. The molecule has 0 spiro atoms. The van der Waals surface area contributed by atoms with Crippen LogP contribution in [0.5, 0.6) is 0 Å². The van der Waals surface area contributed by atoms with Gasteiger partial charge >= 0.3 is 0 Å². The molecule has 5 heteroatoms. The van der Waals surface area contributed by atoms with Crippen LogP contribution in [0.15, 0.2) is 30.5 Å². The number of hydrogen-bond acceptors (Lipinski definition) is 5. The van der Waals surface area contributed by atoms with Crippen LogP contribution < -0.4 is 4.90 Å². The van der Waals surface area contributed by atoms with E-state index in [-0.39, 0.29) is 0 Å². The van der Waals surface area contributed by atoms with Crippen LogP contribution in [0.3, 0.4) is 0 Å². The van der Waals surface area contributed by atoms with Crippen LogP contribution in [0.2, 0.25) is 0 Å². The lowest BCUT2D eigenvalue weighted by Crippen LogP contribution is -2.31. The molecular weight excluding hydrogens is 274 g/mol. The van der Waals surface area contributed by atoms with Crippen molar-refractivity contribution < 1.29 is 0 Å². The van der Waals surface area contributed by atoms with E-state index in [2.05, 4.69) is 46.9 Å². The summed E-state index contributed by atoms with van der Waals surface area (Å²) in [5.74, 6) is 1.75. The highest BCUT2D eigenvalue weighted by atomic mass is 15.3. The minimum atomic E-state index is 0.596. The van der Waals surface area contributed by atoms with Gasteiger partial charge in [-0.3, -0.25) is 4.98 Å². The van der Waals surface area contributed by atoms with Gasteiger partial charge in [-0.15, -0.1) is 0 Å². The normalized spacial score (nSPS) is 18.2. The molecule has 0 bridgehead atoms. The largest absolute Gasteiger partial charge is 0.355 e. The maximum Gasteiger partial charge on any atom is 0.180 e. The average molecular weight is 297 g/mol. The van der Waals surface area contributed by atoms with Crippen LogP contribution in [0, 0.1) is 0 Å². The quantitative estimate of drug-likeness (QED) is 0.866. The summed E-state index contributed by atoms with van der Waals surface area (Å²) in [7, 11) is 4.29. The second-order valence-electron chi connectivity index (χ2n) is 5.96. The molecule has 22 heavy (non-hydrogen) atoms. The van der Waals surface area contributed by atoms with Gasteiger partial charge < -0.3 is 9.80 Å². The Balaban J connectivity index is 1.92. The third-order valence-electron chi connectivity index (χ3n) is 4.24. The van der Waals surface area contributed by atoms with Gasteiger partial charge in [0.25, 0.3) is 0 Å². The van der Waals surface area contributed by atoms with Gasteiger partial charge in [0, 0.05) is 37.1 Å². The Labute approximate surface area is 132 Å². The van der Waals surface area contributed by atoms with Crippen LogP contribution in [0.4, 0.5) is 5.82 Å². The number of aryl methyl sites for hydroxylation is 1. The van der Waals surface area contributed by atoms with E-state index in [0.717, 1.165) is 42.5 Å². The van der Waals surface area contributed by atoms with E-state index < -0.39 is 0 Å². The molecule has 1 fully saturated rings. The molecule has 3 rings (SSSR count). The number of rotatable bonds is 4. The molecule has 1 aliphatic rings. The zero-order valence-corrected chi connectivity index (χ0v) is 13.5. The zero-order chi connectivity index (χ0) is 15.5. The second-order valence-corrected chi connectivity index (χ2v) is 5.96. The minimum Gasteiger partial charge on any atom is -0.355 e. The van der Waals surface area contributed by atoms with Crippen LogP contribution in [-0.2, 0) is 6.42 Å². The molecule has 0 aromatic carbocycles. The molecule has 0 saturated carbocycles. The van der Waals surface area contributed by atoms with Gasteiger partial charge in [-0.25, -0.2) is 9.97 Å². The third-order valence-corrected chi connectivity index (χ3v) is 4.24. The first kappa shape index (κ1) is 14.9. The molecule has 2 aromatic heterocycles. The van der Waals surface area contributed by atoms with Gasteiger partial charge in [-0.2, -0.15) is 0 Å². The van der Waals surface area contributed by atoms with E-state index in [4.69, 9.17) is 4.98 Å². The summed E-state index contributed by atoms with van der Waals surface area (Å²) in [6.45, 7) is 4.19. The van der Waals surface area contributed by atoms with Crippen LogP contribution in [-0.4, -0.2) is 53.1 Å². The number of anilines is 1. The summed E-state index contributed by atoms with van der Waals surface area (Å²) >= 11 is 0. The lowest BCUT2D eigenvalue weighted by atomic mass is 10.2. The fourth-order valence-corrected chi connectivity index (χ4v) is 2.81. The van der Waals surface area contributed by atoms with E-state index >= 15 is 0 Å². The van der Waals surface area contributed by atoms with Crippen LogP contribution >= 0.6 is 0 Å². The average Bonchev–Trinajstić information content (AvgIpc) is 3.05. The number of likely N-dealkylation sites (N-methyl/N-ethyl adjacent to an activating group) is 1. The zero-order valence-electron chi connectivity index (χ0n) is 13.5. The Kier molecular flexibility index (Phi) is 4.34. The van der Waals surface area contributed by atoms with E-state index in [1.165, 1.54) is 6.42 Å². The first-order valence-electron chi connectivity index (χ1n) is 7.88. The third kappa shape index (κ3) is 3.09. The highest BCUT2D eigenvalue weighted by Gasteiger charge is 2.25. The summed E-state index contributed by atoms with van der Waals surface area (Å²) in [6.07, 6.45) is 3.87. The molecule has 1 atom stereocenters. The van der Waals surface area contributed by atoms with Gasteiger partial charge in [0.15, 0.2) is 5.82 Å². The molecule has 2 aromatic rings. The van der Waals surface area contributed by atoms with Gasteiger partial charge in [0.2, 0.25) is 0 Å². The molecule has 1 saturated heterocycles. The Hall–Kier alpha value is -2.01. The number of pyridine rings is 1. The first-order valence-corrected chi connectivity index (χ1v) is 7.88. The van der Waals surface area contributed by atoms with Crippen molar-refractivity contribution in [3.63, 3.8) is 0 Å². The molecular formula is C17H23N5. The molecule has 5 nitrogen and oxygen atoms in total. The molecule has 0 aliphatic carbocycles. The molecule has 3 heterocycles. The number of nitrogens with zero attached hydrogens (tertiary/aromatic N) is 5. The fraction of sp³-hybridized carbons (Fsp3) is 0.471. The Morgan fingerprint density at radius 2 is 2.14 bits per heavy atom. The summed E-state index contributed by atoms with van der Waals surface area (Å²) < 4.78 is 0. The monoisotopic (exact) mass is 297 g/mol. The van der Waals surface area contributed by atoms with Gasteiger partial charge in [0.05, 0.1) is 0 Å². The highest BCUT2D eigenvalue weighted by molar-refractivity contribution is 5.54. The number of aromatic nitrogens is 3. The van der Waals surface area contributed by atoms with Crippen molar-refractivity contribution in [1.82, 2.24) is 19.9 Å². The number of hydrogen-bond donors (Lipinski definition) is 0. The van der Waals surface area contributed by atoms with Crippen molar-refractivity contribution >= 4 is 5.82 Å². The first-order chi connectivity index (χ1) is 10.7. The molecule has 1 aliphatic heterocycles. The van der Waals surface area contributed by atoms with Crippen LogP contribution in [0.25, 0.3) is 11.5 Å². The maximum atomic E-state index is 4.76. The predicted octanol–water partition coefficient (Wildman–Crippen LogP) is 2.24. The van der Waals surface area contributed by atoms with E-state index in [1.54, 1.807) is 6.20 Å². The van der Waals surface area contributed by atoms with Crippen molar-refractivity contribution in [3.8, 4) is 11.5 Å². The molecule has 0 N–H and O–H groups in total. The molecule has 0 radical (unpaired) electrons. The lowest BCUT2D eigenvalue weighted by molar-refractivity contribution is 0.315. The van der Waals surface area contributed by atoms with Crippen molar-refractivity contribution in [2.75, 3.05) is 32.1 Å². The summed E-state index contributed by atoms with van der Waals surface area (Å²) in [6, 6.07) is 8.56. The Morgan fingerprint density at radius 1 is 1.27 bits per heavy atom. The standard InChI is InChI=1S/C17H23N5/c1-4-13-11-16(22-10-8-14(12-22)21(2)3)20-17(19-13)15-7-5-6-9-18-15/h5-7,9,11,14H,4,8,10,12H2,1-3H3. The Morgan fingerprint density at radius 3 is 2.77 bits per heavy atom. The summed E-state index contributed by atoms with van der Waals surface area (Å²) in [4.78, 5) is 18.4. The van der Waals surface area contributed by atoms with E-state index in [1.807, 2.05) is 18.2 Å². The van der Waals surface area contributed by atoms with Crippen LogP contribution in [0.1, 0.15) is 19.0 Å². The van der Waals surface area contributed by atoms with E-state index in [9.17, 15) is 0 Å². The fourth-order valence-electron chi connectivity index (χ4n) is 2.81. The second kappa shape index (κ2) is 6.40. The van der Waals surface area contributed by atoms with Crippen molar-refractivity contribution in [2.45, 2.75) is 25.8 Å². The topological polar surface area (TPSA) is 45.2 Å². The minimum absolute atomic E-state index is 0.596. The smallest absolute Gasteiger partial charge is 0.180 e. The van der Waals surface area contributed by atoms with E-state index in [0.29, 0.717) is 6.04 Å². The maximum absolute atomic E-state index is 4.76. The van der Waals surface area contributed by atoms with Crippen molar-refractivity contribution in [3.05, 3.63) is 36.2 Å². The summed E-state index contributed by atoms with van der Waals surface area (Å²) in [5.41, 5.74) is 1.90. The van der Waals surface area contributed by atoms with Gasteiger partial charge in [-0.05, 0) is 39.1 Å². The SMILES string of the molecule is CCc1cc(N2CCC(N(C)C)C2)nc(-c2ccccn2)n1. The predicted molar refractivity (Wildman–Crippen MR) is 88.9 cm³/mol. The van der Waals surface area contributed by atoms with Crippen molar-refractivity contribution in [1.29, 1.82) is 0 Å². The van der Waals surface area contributed by atoms with Crippen molar-refractivity contribution in [2.24, 2.45) is 0 Å². The van der Waals surface area contributed by atoms with Gasteiger partial charge in [0.1, 0.15) is 11.5 Å².